The molecule has 0 radical (unpaired) electrons. The van der Waals surface area contributed by atoms with Gasteiger partial charge in [0.25, 0.3) is 0 Å². The lowest BCUT2D eigenvalue weighted by molar-refractivity contribution is -0.122. The van der Waals surface area contributed by atoms with E-state index in [1.165, 1.54) is 0 Å². The van der Waals surface area contributed by atoms with Crippen molar-refractivity contribution in [3.05, 3.63) is 112 Å². The molecule has 0 aromatic heterocycles. The van der Waals surface area contributed by atoms with Gasteiger partial charge in [-0.25, -0.2) is 0 Å². The average molecular weight is 429 g/mol. The first-order valence-corrected chi connectivity index (χ1v) is 10.7. The predicted molar refractivity (Wildman–Crippen MR) is 123 cm³/mol. The summed E-state index contributed by atoms with van der Waals surface area (Å²) in [7, 11) is 0. The van der Waals surface area contributed by atoms with Crippen LogP contribution in [0.4, 0.5) is 5.69 Å². The first-order valence-electron chi connectivity index (χ1n) is 10.7. The van der Waals surface area contributed by atoms with Gasteiger partial charge in [0, 0.05) is 17.5 Å². The molecule has 0 saturated heterocycles. The summed E-state index contributed by atoms with van der Waals surface area (Å²) >= 11 is 0. The number of hydrogen-bond acceptors (Lipinski definition) is 4. The van der Waals surface area contributed by atoms with Crippen LogP contribution >= 0.6 is 0 Å². The minimum atomic E-state index is -1.05. The lowest BCUT2D eigenvalue weighted by Crippen LogP contribution is -2.48. The summed E-state index contributed by atoms with van der Waals surface area (Å²) in [5.74, 6) is -0.932. The van der Waals surface area contributed by atoms with Crippen molar-refractivity contribution in [2.45, 2.75) is 23.7 Å². The predicted octanol–water partition coefficient (Wildman–Crippen LogP) is 4.72. The molecule has 33 heavy (non-hydrogen) atoms. The fourth-order valence-corrected chi connectivity index (χ4v) is 5.47. The SMILES string of the molecule is N#Cc1ccc(C2CC=C(C=O)C(c3ccc(C#N)cc3)[C@]23C(=O)Nc2ccccc23)cc1. The van der Waals surface area contributed by atoms with E-state index < -0.39 is 11.3 Å². The summed E-state index contributed by atoms with van der Waals surface area (Å²) in [6.07, 6.45) is 3.26. The van der Waals surface area contributed by atoms with Crippen LogP contribution in [0.5, 0.6) is 0 Å². The van der Waals surface area contributed by atoms with Crippen molar-refractivity contribution in [3.63, 3.8) is 0 Å². The third-order valence-electron chi connectivity index (χ3n) is 6.88. The quantitative estimate of drug-likeness (QED) is 0.610. The van der Waals surface area contributed by atoms with Crippen molar-refractivity contribution < 1.29 is 9.59 Å². The molecular formula is C28H19N3O2. The number of fused-ring (bicyclic) bond motifs is 2. The van der Waals surface area contributed by atoms with Crippen LogP contribution in [0.15, 0.2) is 84.4 Å². The number of nitrogens with one attached hydrogen (secondary N) is 1. The van der Waals surface area contributed by atoms with Gasteiger partial charge in [0.15, 0.2) is 0 Å². The van der Waals surface area contributed by atoms with E-state index in [-0.39, 0.29) is 11.8 Å². The van der Waals surface area contributed by atoms with Crippen LogP contribution in [0.25, 0.3) is 0 Å². The van der Waals surface area contributed by atoms with Crippen molar-refractivity contribution in [1.29, 1.82) is 10.5 Å². The number of aldehydes is 1. The van der Waals surface area contributed by atoms with E-state index >= 15 is 0 Å². The Morgan fingerprint density at radius 1 is 0.879 bits per heavy atom. The molecule has 0 fully saturated rings. The maximum absolute atomic E-state index is 13.9. The third-order valence-corrected chi connectivity index (χ3v) is 6.88. The fraction of sp³-hybridized carbons (Fsp3) is 0.143. The van der Waals surface area contributed by atoms with Gasteiger partial charge in [-0.15, -0.1) is 0 Å². The molecule has 2 aliphatic rings. The van der Waals surface area contributed by atoms with Crippen molar-refractivity contribution >= 4 is 17.9 Å². The van der Waals surface area contributed by atoms with Crippen LogP contribution in [0.3, 0.4) is 0 Å². The molecule has 1 spiro atoms. The molecule has 1 amide bonds. The molecule has 0 bridgehead atoms. The molecule has 1 aliphatic carbocycles. The zero-order chi connectivity index (χ0) is 23.0. The van der Waals surface area contributed by atoms with Gasteiger partial charge < -0.3 is 5.32 Å². The highest BCUT2D eigenvalue weighted by atomic mass is 16.2. The normalized spacial score (nSPS) is 23.1. The molecule has 5 rings (SSSR count). The van der Waals surface area contributed by atoms with Crippen LogP contribution in [0.1, 0.15) is 46.1 Å². The molecule has 3 aromatic carbocycles. The second kappa shape index (κ2) is 7.89. The van der Waals surface area contributed by atoms with E-state index in [0.29, 0.717) is 23.1 Å². The highest BCUT2D eigenvalue weighted by Gasteiger charge is 2.59. The number of carbonyl (C=O) groups is 2. The summed E-state index contributed by atoms with van der Waals surface area (Å²) in [6, 6.07) is 26.3. The minimum Gasteiger partial charge on any atom is -0.325 e. The molecule has 5 heteroatoms. The van der Waals surface area contributed by atoms with E-state index in [1.807, 2.05) is 54.6 Å². The van der Waals surface area contributed by atoms with Crippen LogP contribution < -0.4 is 5.32 Å². The molecular weight excluding hydrogens is 410 g/mol. The van der Waals surface area contributed by atoms with Crippen molar-refractivity contribution in [1.82, 2.24) is 0 Å². The maximum Gasteiger partial charge on any atom is 0.236 e. The Labute approximate surface area is 191 Å². The summed E-state index contributed by atoms with van der Waals surface area (Å²) in [4.78, 5) is 26.2. The number of nitrogens with zero attached hydrogens (tertiary/aromatic N) is 2. The van der Waals surface area contributed by atoms with Gasteiger partial charge in [-0.2, -0.15) is 10.5 Å². The van der Waals surface area contributed by atoms with Gasteiger partial charge in [-0.3, -0.25) is 9.59 Å². The zero-order valence-corrected chi connectivity index (χ0v) is 17.7. The minimum absolute atomic E-state index is 0.153. The number of rotatable bonds is 3. The molecule has 3 atom stereocenters. The number of nitriles is 2. The Morgan fingerprint density at radius 3 is 2.09 bits per heavy atom. The van der Waals surface area contributed by atoms with E-state index in [1.54, 1.807) is 24.3 Å². The second-order valence-corrected chi connectivity index (χ2v) is 8.38. The maximum atomic E-state index is 13.9. The number of para-hydroxylation sites is 1. The molecule has 1 aliphatic heterocycles. The Morgan fingerprint density at radius 2 is 1.48 bits per heavy atom. The van der Waals surface area contributed by atoms with Gasteiger partial charge in [0.05, 0.1) is 28.7 Å². The largest absolute Gasteiger partial charge is 0.325 e. The summed E-state index contributed by atoms with van der Waals surface area (Å²) < 4.78 is 0. The first kappa shape index (κ1) is 20.4. The number of benzene rings is 3. The second-order valence-electron chi connectivity index (χ2n) is 8.38. The highest BCUT2D eigenvalue weighted by molar-refractivity contribution is 6.09. The third kappa shape index (κ3) is 2.98. The molecule has 3 aromatic rings. The summed E-state index contributed by atoms with van der Waals surface area (Å²) in [5.41, 5.74) is 3.89. The van der Waals surface area contributed by atoms with Crippen LogP contribution in [-0.4, -0.2) is 12.2 Å². The molecule has 1 heterocycles. The van der Waals surface area contributed by atoms with Crippen LogP contribution in [-0.2, 0) is 15.0 Å². The van der Waals surface area contributed by atoms with E-state index in [4.69, 9.17) is 0 Å². The Balaban J connectivity index is 1.80. The topological polar surface area (TPSA) is 93.8 Å². The van der Waals surface area contributed by atoms with Gasteiger partial charge in [-0.1, -0.05) is 48.5 Å². The molecule has 158 valence electrons. The van der Waals surface area contributed by atoms with E-state index in [2.05, 4.69) is 17.5 Å². The van der Waals surface area contributed by atoms with Crippen LogP contribution in [0, 0.1) is 22.7 Å². The van der Waals surface area contributed by atoms with Gasteiger partial charge in [0.1, 0.15) is 6.29 Å². The Kier molecular flexibility index (Phi) is 4.89. The van der Waals surface area contributed by atoms with Crippen LogP contribution in [0.2, 0.25) is 0 Å². The van der Waals surface area contributed by atoms with Crippen molar-refractivity contribution in [2.75, 3.05) is 5.32 Å². The zero-order valence-electron chi connectivity index (χ0n) is 17.7. The van der Waals surface area contributed by atoms with E-state index in [9.17, 15) is 20.1 Å². The monoisotopic (exact) mass is 429 g/mol. The number of allylic oxidation sites excluding steroid dienone is 2. The smallest absolute Gasteiger partial charge is 0.236 e. The Bertz CT molecular complexity index is 1370. The molecule has 0 saturated carbocycles. The lowest BCUT2D eigenvalue weighted by atomic mass is 9.54. The molecule has 5 nitrogen and oxygen atoms in total. The highest BCUT2D eigenvalue weighted by Crippen LogP contribution is 2.60. The van der Waals surface area contributed by atoms with Crippen molar-refractivity contribution in [3.8, 4) is 12.1 Å². The fourth-order valence-electron chi connectivity index (χ4n) is 5.47. The standard InChI is InChI=1S/C28H19N3O2/c29-15-18-5-9-20(10-6-18)23-14-13-22(17-32)26(21-11-7-19(16-30)8-12-21)28(23)24-3-1-2-4-25(24)31-27(28)33/h1-13,17,23,26H,14H2,(H,31,33)/t23?,26?,28-/m0/s1. The number of hydrogen-bond donors (Lipinski definition) is 1. The van der Waals surface area contributed by atoms with E-state index in [0.717, 1.165) is 28.7 Å². The Hall–Kier alpha value is -4.48. The molecule has 2 unspecified atom stereocenters. The van der Waals surface area contributed by atoms with Gasteiger partial charge in [-0.05, 0) is 59.0 Å². The van der Waals surface area contributed by atoms with Gasteiger partial charge >= 0.3 is 0 Å². The summed E-state index contributed by atoms with van der Waals surface area (Å²) in [6.45, 7) is 0. The van der Waals surface area contributed by atoms with Gasteiger partial charge in [0.2, 0.25) is 5.91 Å². The molecule has 1 N–H and O–H groups in total. The number of anilines is 1. The number of amides is 1. The van der Waals surface area contributed by atoms with Crippen molar-refractivity contribution in [2.24, 2.45) is 0 Å². The average Bonchev–Trinajstić information content (AvgIpc) is 3.16. The first-order chi connectivity index (χ1) is 16.1. The lowest BCUT2D eigenvalue weighted by Gasteiger charge is -2.45. The summed E-state index contributed by atoms with van der Waals surface area (Å²) in [5, 5.41) is 21.5. The number of carbonyl (C=O) groups excluding carboxylic acids is 2.